The molecule has 1 unspecified atom stereocenters. The van der Waals surface area contributed by atoms with Gasteiger partial charge in [0.25, 0.3) is 0 Å². The average Bonchev–Trinajstić information content (AvgIpc) is 3.15. The molecule has 106 valence electrons. The summed E-state index contributed by atoms with van der Waals surface area (Å²) >= 11 is 2.13. The molecule has 1 aliphatic carbocycles. The van der Waals surface area contributed by atoms with E-state index in [1.54, 1.807) is 0 Å². The van der Waals surface area contributed by atoms with E-state index in [1.165, 1.54) is 69.8 Å². The molecule has 2 fully saturated rings. The molecular weight excluding hydrogens is 240 g/mol. The van der Waals surface area contributed by atoms with E-state index in [1.807, 2.05) is 0 Å². The molecule has 18 heavy (non-hydrogen) atoms. The van der Waals surface area contributed by atoms with Crippen LogP contribution in [0.15, 0.2) is 0 Å². The monoisotopic (exact) mass is 270 g/mol. The van der Waals surface area contributed by atoms with Gasteiger partial charge in [-0.05, 0) is 43.4 Å². The largest absolute Gasteiger partial charge is 0.313 e. The van der Waals surface area contributed by atoms with Crippen molar-refractivity contribution >= 4 is 11.8 Å². The molecule has 1 aliphatic heterocycles. The van der Waals surface area contributed by atoms with Crippen LogP contribution in [0.5, 0.6) is 0 Å². The lowest BCUT2D eigenvalue weighted by Crippen LogP contribution is -2.43. The normalized spacial score (nSPS) is 25.7. The predicted octanol–water partition coefficient (Wildman–Crippen LogP) is 2.98. The van der Waals surface area contributed by atoms with Gasteiger partial charge in [0.15, 0.2) is 0 Å². The Balaban J connectivity index is 1.81. The molecule has 2 rings (SSSR count). The lowest BCUT2D eigenvalue weighted by Gasteiger charge is -2.35. The molecule has 2 aliphatic rings. The smallest absolute Gasteiger partial charge is 0.00726 e. The van der Waals surface area contributed by atoms with E-state index in [0.29, 0.717) is 5.41 Å². The van der Waals surface area contributed by atoms with Gasteiger partial charge in [-0.1, -0.05) is 20.3 Å². The summed E-state index contributed by atoms with van der Waals surface area (Å²) in [4.78, 5) is 2.71. The van der Waals surface area contributed by atoms with Crippen LogP contribution >= 0.6 is 11.8 Å². The minimum Gasteiger partial charge on any atom is -0.313 e. The van der Waals surface area contributed by atoms with E-state index in [-0.39, 0.29) is 0 Å². The molecule has 0 bridgehead atoms. The van der Waals surface area contributed by atoms with Crippen LogP contribution in [-0.4, -0.2) is 48.6 Å². The van der Waals surface area contributed by atoms with E-state index < -0.39 is 0 Å². The molecule has 1 atom stereocenters. The maximum atomic E-state index is 3.76. The number of nitrogens with zero attached hydrogens (tertiary/aromatic N) is 1. The summed E-state index contributed by atoms with van der Waals surface area (Å²) in [5.41, 5.74) is 0.479. The first-order valence-corrected chi connectivity index (χ1v) is 8.91. The number of hydrogen-bond donors (Lipinski definition) is 1. The molecule has 1 saturated heterocycles. The number of hydrogen-bond acceptors (Lipinski definition) is 3. The molecule has 0 aromatic carbocycles. The lowest BCUT2D eigenvalue weighted by molar-refractivity contribution is 0.156. The first-order valence-electron chi connectivity index (χ1n) is 7.75. The van der Waals surface area contributed by atoms with Gasteiger partial charge in [-0.3, -0.25) is 0 Å². The Hall–Kier alpha value is 0.270. The highest BCUT2D eigenvalue weighted by Crippen LogP contribution is 2.27. The van der Waals surface area contributed by atoms with Crippen LogP contribution in [0.3, 0.4) is 0 Å². The van der Waals surface area contributed by atoms with Gasteiger partial charge in [-0.25, -0.2) is 0 Å². The fourth-order valence-corrected chi connectivity index (χ4v) is 3.93. The zero-order valence-electron chi connectivity index (χ0n) is 12.2. The SMILES string of the molecule is CCCC(C)(CNC1CC1)CN1CCCSCC1. The highest BCUT2D eigenvalue weighted by atomic mass is 32.2. The predicted molar refractivity (Wildman–Crippen MR) is 82.4 cm³/mol. The van der Waals surface area contributed by atoms with Crippen molar-refractivity contribution in [3.63, 3.8) is 0 Å². The molecular formula is C15H30N2S. The van der Waals surface area contributed by atoms with Gasteiger partial charge in [-0.2, -0.15) is 11.8 Å². The van der Waals surface area contributed by atoms with Crippen LogP contribution in [0.25, 0.3) is 0 Å². The summed E-state index contributed by atoms with van der Waals surface area (Å²) in [6.07, 6.45) is 6.86. The molecule has 3 heteroatoms. The molecule has 0 spiro atoms. The second-order valence-electron chi connectivity index (χ2n) is 6.46. The average molecular weight is 270 g/mol. The van der Waals surface area contributed by atoms with Crippen molar-refractivity contribution in [1.29, 1.82) is 0 Å². The van der Waals surface area contributed by atoms with Crippen LogP contribution < -0.4 is 5.32 Å². The number of thioether (sulfide) groups is 1. The van der Waals surface area contributed by atoms with Gasteiger partial charge in [-0.15, -0.1) is 0 Å². The van der Waals surface area contributed by atoms with E-state index in [2.05, 4.69) is 35.8 Å². The van der Waals surface area contributed by atoms with Gasteiger partial charge in [0.05, 0.1) is 0 Å². The Kier molecular flexibility index (Phi) is 5.84. The maximum absolute atomic E-state index is 3.76. The Morgan fingerprint density at radius 1 is 1.28 bits per heavy atom. The quantitative estimate of drug-likeness (QED) is 0.765. The van der Waals surface area contributed by atoms with Crippen molar-refractivity contribution < 1.29 is 0 Å². The van der Waals surface area contributed by atoms with Crippen LogP contribution in [0.1, 0.15) is 46.0 Å². The Labute approximate surface area is 117 Å². The van der Waals surface area contributed by atoms with Crippen LogP contribution in [0.4, 0.5) is 0 Å². The summed E-state index contributed by atoms with van der Waals surface area (Å²) in [6, 6.07) is 0.848. The second kappa shape index (κ2) is 7.16. The van der Waals surface area contributed by atoms with E-state index in [0.717, 1.165) is 6.04 Å². The molecule has 0 aromatic heterocycles. The van der Waals surface area contributed by atoms with Gasteiger partial charge in [0.2, 0.25) is 0 Å². The third-order valence-corrected chi connectivity index (χ3v) is 5.22. The second-order valence-corrected chi connectivity index (χ2v) is 7.68. The summed E-state index contributed by atoms with van der Waals surface area (Å²) < 4.78 is 0. The highest BCUT2D eigenvalue weighted by Gasteiger charge is 2.29. The summed E-state index contributed by atoms with van der Waals surface area (Å²) in [5, 5.41) is 3.76. The molecule has 0 amide bonds. The third kappa shape index (κ3) is 5.10. The van der Waals surface area contributed by atoms with Crippen molar-refractivity contribution in [2.45, 2.75) is 52.0 Å². The van der Waals surface area contributed by atoms with E-state index in [9.17, 15) is 0 Å². The fraction of sp³-hybridized carbons (Fsp3) is 1.00. The van der Waals surface area contributed by atoms with Crippen molar-refractivity contribution in [3.05, 3.63) is 0 Å². The van der Waals surface area contributed by atoms with Crippen molar-refractivity contribution in [1.82, 2.24) is 10.2 Å². The van der Waals surface area contributed by atoms with E-state index >= 15 is 0 Å². The lowest BCUT2D eigenvalue weighted by atomic mass is 9.84. The molecule has 1 N–H and O–H groups in total. The maximum Gasteiger partial charge on any atom is 0.00726 e. The molecule has 1 saturated carbocycles. The van der Waals surface area contributed by atoms with Gasteiger partial charge in [0.1, 0.15) is 0 Å². The first-order chi connectivity index (χ1) is 8.72. The minimum absolute atomic E-state index is 0.479. The third-order valence-electron chi connectivity index (χ3n) is 4.17. The zero-order chi connectivity index (χ0) is 12.8. The standard InChI is InChI=1S/C15H30N2S/c1-3-7-15(2,12-16-14-5-6-14)13-17-8-4-10-18-11-9-17/h14,16H,3-13H2,1-2H3. The Morgan fingerprint density at radius 3 is 2.83 bits per heavy atom. The number of rotatable bonds is 7. The highest BCUT2D eigenvalue weighted by molar-refractivity contribution is 7.99. The molecule has 0 aromatic rings. The van der Waals surface area contributed by atoms with Crippen LogP contribution in [0.2, 0.25) is 0 Å². The minimum atomic E-state index is 0.479. The topological polar surface area (TPSA) is 15.3 Å². The number of nitrogens with one attached hydrogen (secondary N) is 1. The fourth-order valence-electron chi connectivity index (χ4n) is 3.00. The van der Waals surface area contributed by atoms with Crippen LogP contribution in [-0.2, 0) is 0 Å². The van der Waals surface area contributed by atoms with Gasteiger partial charge in [0, 0.05) is 31.4 Å². The molecule has 0 radical (unpaired) electrons. The van der Waals surface area contributed by atoms with Crippen LogP contribution in [0, 0.1) is 5.41 Å². The van der Waals surface area contributed by atoms with E-state index in [4.69, 9.17) is 0 Å². The van der Waals surface area contributed by atoms with Crippen molar-refractivity contribution in [3.8, 4) is 0 Å². The molecule has 1 heterocycles. The summed E-state index contributed by atoms with van der Waals surface area (Å²) in [5.74, 6) is 2.69. The summed E-state index contributed by atoms with van der Waals surface area (Å²) in [7, 11) is 0. The zero-order valence-corrected chi connectivity index (χ0v) is 13.0. The van der Waals surface area contributed by atoms with Crippen molar-refractivity contribution in [2.24, 2.45) is 5.41 Å². The Morgan fingerprint density at radius 2 is 2.11 bits per heavy atom. The first kappa shape index (κ1) is 14.7. The molecule has 2 nitrogen and oxygen atoms in total. The Bertz CT molecular complexity index is 235. The summed E-state index contributed by atoms with van der Waals surface area (Å²) in [6.45, 7) is 9.94. The van der Waals surface area contributed by atoms with Gasteiger partial charge < -0.3 is 10.2 Å². The van der Waals surface area contributed by atoms with Gasteiger partial charge >= 0.3 is 0 Å². The van der Waals surface area contributed by atoms with Crippen molar-refractivity contribution in [2.75, 3.05) is 37.7 Å².